The van der Waals surface area contributed by atoms with Crippen molar-refractivity contribution >= 4 is 44.9 Å². The Labute approximate surface area is 209 Å². The fourth-order valence-electron chi connectivity index (χ4n) is 3.64. The van der Waals surface area contributed by atoms with Gasteiger partial charge in [-0.15, -0.1) is 11.3 Å². The molecule has 0 bridgehead atoms. The molecule has 4 rings (SSSR count). The van der Waals surface area contributed by atoms with Gasteiger partial charge >= 0.3 is 0 Å². The van der Waals surface area contributed by atoms with Crippen molar-refractivity contribution in [2.75, 3.05) is 32.7 Å². The fraction of sp³-hybridized carbons (Fsp3) is 0.240. The van der Waals surface area contributed by atoms with E-state index in [2.05, 4.69) is 34.5 Å². The zero-order valence-corrected chi connectivity index (χ0v) is 21.0. The molecular weight excluding hydrogens is 490 g/mol. The minimum absolute atomic E-state index is 0.230. The Bertz CT molecular complexity index is 1230. The van der Waals surface area contributed by atoms with Crippen LogP contribution in [-0.4, -0.2) is 56.3 Å². The Hall–Kier alpha value is -2.49. The van der Waals surface area contributed by atoms with Crippen LogP contribution >= 0.6 is 22.9 Å². The van der Waals surface area contributed by atoms with E-state index in [4.69, 9.17) is 11.6 Å². The molecule has 1 aromatic heterocycles. The monoisotopic (exact) mass is 515 g/mol. The van der Waals surface area contributed by atoms with Gasteiger partial charge in [-0.2, -0.15) is 4.31 Å². The molecule has 34 heavy (non-hydrogen) atoms. The van der Waals surface area contributed by atoms with Crippen LogP contribution in [0.5, 0.6) is 0 Å². The number of hydrogen-bond acceptors (Lipinski definition) is 5. The molecule has 6 nitrogen and oxygen atoms in total. The van der Waals surface area contributed by atoms with Gasteiger partial charge in [0.15, 0.2) is 0 Å². The van der Waals surface area contributed by atoms with Crippen molar-refractivity contribution in [3.63, 3.8) is 0 Å². The topological polar surface area (TPSA) is 69.7 Å². The van der Waals surface area contributed by atoms with Crippen molar-refractivity contribution < 1.29 is 13.2 Å². The van der Waals surface area contributed by atoms with Crippen LogP contribution < -0.4 is 5.32 Å². The first-order chi connectivity index (χ1) is 16.4. The molecule has 1 aliphatic heterocycles. The smallest absolute Gasteiger partial charge is 0.252 e. The summed E-state index contributed by atoms with van der Waals surface area (Å²) in [7, 11) is -3.54. The summed E-state index contributed by atoms with van der Waals surface area (Å²) < 4.78 is 28.1. The van der Waals surface area contributed by atoms with Gasteiger partial charge in [0, 0.05) is 48.2 Å². The van der Waals surface area contributed by atoms with E-state index >= 15 is 0 Å². The molecule has 9 heteroatoms. The van der Waals surface area contributed by atoms with Crippen molar-refractivity contribution in [3.05, 3.63) is 93.8 Å². The minimum atomic E-state index is -3.54. The lowest BCUT2D eigenvalue weighted by Gasteiger charge is -2.33. The molecular formula is C25H26ClN3O3S2. The lowest BCUT2D eigenvalue weighted by atomic mass is 10.2. The molecule has 2 aromatic carbocycles. The Kier molecular flexibility index (Phi) is 8.18. The third kappa shape index (κ3) is 6.34. The highest BCUT2D eigenvalue weighted by Gasteiger charge is 2.29. The molecule has 1 N–H and O–H groups in total. The fourth-order valence-corrected chi connectivity index (χ4v) is 6.64. The van der Waals surface area contributed by atoms with Gasteiger partial charge in [-0.3, -0.25) is 9.69 Å². The number of hydrogen-bond donors (Lipinski definition) is 1. The van der Waals surface area contributed by atoms with E-state index in [9.17, 15) is 13.2 Å². The van der Waals surface area contributed by atoms with Crippen molar-refractivity contribution in [1.29, 1.82) is 0 Å². The average Bonchev–Trinajstić information content (AvgIpc) is 3.34. The summed E-state index contributed by atoms with van der Waals surface area (Å²) in [5.74, 6) is -0.230. The number of amides is 1. The molecule has 0 spiro atoms. The van der Waals surface area contributed by atoms with Gasteiger partial charge in [-0.25, -0.2) is 8.42 Å². The van der Waals surface area contributed by atoms with E-state index in [1.165, 1.54) is 11.3 Å². The SMILES string of the molecule is O=C(NCc1ccc(S(=O)(=O)N2CCN(C/C=C/c3ccccc3)CC2)s1)c1ccc(Cl)cc1. The summed E-state index contributed by atoms with van der Waals surface area (Å²) in [6.07, 6.45) is 4.20. The van der Waals surface area contributed by atoms with Crippen LogP contribution in [-0.2, 0) is 16.6 Å². The summed E-state index contributed by atoms with van der Waals surface area (Å²) in [5, 5.41) is 3.39. The van der Waals surface area contributed by atoms with E-state index in [1.807, 2.05) is 18.2 Å². The molecule has 1 fully saturated rings. The van der Waals surface area contributed by atoms with Crippen LogP contribution in [0.25, 0.3) is 6.08 Å². The highest BCUT2D eigenvalue weighted by molar-refractivity contribution is 7.91. The Morgan fingerprint density at radius 1 is 0.971 bits per heavy atom. The van der Waals surface area contributed by atoms with E-state index in [1.54, 1.807) is 40.7 Å². The van der Waals surface area contributed by atoms with Crippen LogP contribution in [0, 0.1) is 0 Å². The van der Waals surface area contributed by atoms with Gasteiger partial charge in [0.05, 0.1) is 6.54 Å². The molecule has 3 aromatic rings. The number of nitrogens with zero attached hydrogens (tertiary/aromatic N) is 2. The molecule has 1 saturated heterocycles. The molecule has 0 aliphatic carbocycles. The maximum atomic E-state index is 13.1. The summed E-state index contributed by atoms with van der Waals surface area (Å²) in [6.45, 7) is 3.36. The van der Waals surface area contributed by atoms with Gasteiger partial charge in [0.25, 0.3) is 15.9 Å². The first-order valence-electron chi connectivity index (χ1n) is 11.0. The second-order valence-corrected chi connectivity index (χ2v) is 11.7. The first kappa shape index (κ1) is 24.6. The van der Waals surface area contributed by atoms with Crippen molar-refractivity contribution in [3.8, 4) is 0 Å². The highest BCUT2D eigenvalue weighted by atomic mass is 35.5. The first-order valence-corrected chi connectivity index (χ1v) is 13.6. The summed E-state index contributed by atoms with van der Waals surface area (Å²) >= 11 is 7.05. The number of thiophene rings is 1. The number of halogens is 1. The van der Waals surface area contributed by atoms with E-state index in [-0.39, 0.29) is 12.5 Å². The predicted molar refractivity (Wildman–Crippen MR) is 138 cm³/mol. The number of benzene rings is 2. The van der Waals surface area contributed by atoms with Gasteiger partial charge in [0.1, 0.15) is 4.21 Å². The lowest BCUT2D eigenvalue weighted by molar-refractivity contribution is 0.0951. The molecule has 0 radical (unpaired) electrons. The normalized spacial score (nSPS) is 15.6. The molecule has 0 saturated carbocycles. The number of sulfonamides is 1. The lowest BCUT2D eigenvalue weighted by Crippen LogP contribution is -2.48. The van der Waals surface area contributed by atoms with E-state index in [0.717, 1.165) is 17.0 Å². The minimum Gasteiger partial charge on any atom is -0.347 e. The Morgan fingerprint density at radius 3 is 2.38 bits per heavy atom. The predicted octanol–water partition coefficient (Wildman–Crippen LogP) is 4.35. The molecule has 0 unspecified atom stereocenters. The maximum Gasteiger partial charge on any atom is 0.252 e. The Morgan fingerprint density at radius 2 is 1.68 bits per heavy atom. The molecule has 2 heterocycles. The van der Waals surface area contributed by atoms with Crippen molar-refractivity contribution in [2.45, 2.75) is 10.8 Å². The molecule has 1 aliphatic rings. The summed E-state index contributed by atoms with van der Waals surface area (Å²) in [5.41, 5.74) is 1.66. The number of carbonyl (C=O) groups is 1. The van der Waals surface area contributed by atoms with E-state index < -0.39 is 10.0 Å². The molecule has 178 valence electrons. The highest BCUT2D eigenvalue weighted by Crippen LogP contribution is 2.26. The molecule has 1 amide bonds. The molecule has 0 atom stereocenters. The number of piperazine rings is 1. The van der Waals surface area contributed by atoms with Crippen LogP contribution in [0.1, 0.15) is 20.8 Å². The quantitative estimate of drug-likeness (QED) is 0.484. The zero-order valence-electron chi connectivity index (χ0n) is 18.6. The van der Waals surface area contributed by atoms with Gasteiger partial charge in [0.2, 0.25) is 0 Å². The van der Waals surface area contributed by atoms with Crippen LogP contribution in [0.3, 0.4) is 0 Å². The zero-order chi connectivity index (χ0) is 24.0. The van der Waals surface area contributed by atoms with Crippen LogP contribution in [0.4, 0.5) is 0 Å². The third-order valence-electron chi connectivity index (χ3n) is 5.57. The third-order valence-corrected chi connectivity index (χ3v) is 9.27. The largest absolute Gasteiger partial charge is 0.347 e. The summed E-state index contributed by atoms with van der Waals surface area (Å²) in [4.78, 5) is 15.3. The van der Waals surface area contributed by atoms with Crippen molar-refractivity contribution in [2.24, 2.45) is 0 Å². The number of nitrogens with one attached hydrogen (secondary N) is 1. The average molecular weight is 516 g/mol. The van der Waals surface area contributed by atoms with Crippen LogP contribution in [0.2, 0.25) is 5.02 Å². The van der Waals surface area contributed by atoms with Gasteiger partial charge in [-0.05, 0) is 42.0 Å². The number of rotatable bonds is 8. The summed E-state index contributed by atoms with van der Waals surface area (Å²) in [6, 6.07) is 20.1. The van der Waals surface area contributed by atoms with Gasteiger partial charge < -0.3 is 5.32 Å². The second-order valence-electron chi connectivity index (χ2n) is 7.93. The number of carbonyl (C=O) groups excluding carboxylic acids is 1. The Balaban J connectivity index is 1.28. The van der Waals surface area contributed by atoms with Gasteiger partial charge in [-0.1, -0.05) is 54.1 Å². The standard InChI is InChI=1S/C25H26ClN3O3S2/c26-22-10-8-21(9-11-22)25(30)27-19-23-12-13-24(33-23)34(31,32)29-17-15-28(16-18-29)14-4-7-20-5-2-1-3-6-20/h1-13H,14-19H2,(H,27,30)/b7-4+. The van der Waals surface area contributed by atoms with Crippen LogP contribution in [0.15, 0.2) is 77.0 Å². The van der Waals surface area contributed by atoms with E-state index in [0.29, 0.717) is 41.0 Å². The van der Waals surface area contributed by atoms with Crippen molar-refractivity contribution in [1.82, 2.24) is 14.5 Å². The second kappa shape index (κ2) is 11.3. The maximum absolute atomic E-state index is 13.1.